The van der Waals surface area contributed by atoms with Crippen LogP contribution >= 0.6 is 66.7 Å². The van der Waals surface area contributed by atoms with Gasteiger partial charge in [-0.05, 0) is 44.0 Å². The van der Waals surface area contributed by atoms with Crippen LogP contribution < -0.4 is 0 Å². The zero-order chi connectivity index (χ0) is 9.35. The first-order valence-corrected chi connectivity index (χ1v) is 5.52. The zero-order valence-electron chi connectivity index (χ0n) is 5.49. The molecule has 1 rings (SSSR count). The lowest BCUT2D eigenvalue weighted by Crippen LogP contribution is -2.00. The minimum absolute atomic E-state index is 0.571. The summed E-state index contributed by atoms with van der Waals surface area (Å²) in [4.78, 5) is 4.01. The Kier molecular flexibility index (Phi) is 3.69. The van der Waals surface area contributed by atoms with Gasteiger partial charge in [-0.1, -0.05) is 34.8 Å². The Morgan fingerprint density at radius 3 is 1.83 bits per heavy atom. The number of hydrogen-bond donors (Lipinski definition) is 0. The summed E-state index contributed by atoms with van der Waals surface area (Å²) < 4.78 is -0.162. The number of rotatable bonds is 0. The van der Waals surface area contributed by atoms with Gasteiger partial charge in [0.05, 0.1) is 0 Å². The molecule has 0 amide bonds. The molecule has 0 aliphatic heterocycles. The van der Waals surface area contributed by atoms with Crippen molar-refractivity contribution in [3.63, 3.8) is 0 Å². The fourth-order valence-corrected chi connectivity index (χ4v) is 2.07. The third-order valence-electron chi connectivity index (χ3n) is 1.09. The van der Waals surface area contributed by atoms with Crippen molar-refractivity contribution in [2.24, 2.45) is 0 Å². The minimum atomic E-state index is -1.41. The molecule has 66 valence electrons. The van der Waals surface area contributed by atoms with Crippen LogP contribution in [0.5, 0.6) is 0 Å². The molecule has 1 aromatic rings. The lowest BCUT2D eigenvalue weighted by Gasteiger charge is -2.11. The quantitative estimate of drug-likeness (QED) is 0.496. The van der Waals surface area contributed by atoms with E-state index in [-0.39, 0.29) is 0 Å². The molecule has 0 saturated carbocycles. The molecule has 0 N–H and O–H groups in total. The van der Waals surface area contributed by atoms with Crippen LogP contribution in [0.15, 0.2) is 21.3 Å². The van der Waals surface area contributed by atoms with Gasteiger partial charge in [-0.2, -0.15) is 0 Å². The van der Waals surface area contributed by atoms with Crippen LogP contribution in [0.2, 0.25) is 0 Å². The molecule has 0 radical (unpaired) electrons. The molecule has 0 aliphatic rings. The van der Waals surface area contributed by atoms with Gasteiger partial charge in [0, 0.05) is 5.56 Å². The smallest absolute Gasteiger partial charge is 0.216 e. The number of hydrogen-bond acceptors (Lipinski definition) is 1. The Morgan fingerprint density at radius 2 is 1.50 bits per heavy atom. The topological polar surface area (TPSA) is 12.9 Å². The summed E-state index contributed by atoms with van der Waals surface area (Å²) in [5.74, 6) is 0. The Hall–Kier alpha value is 0.980. The van der Waals surface area contributed by atoms with E-state index in [1.807, 2.05) is 0 Å². The summed E-state index contributed by atoms with van der Waals surface area (Å²) >= 11 is 23.4. The predicted octanol–water partition coefficient (Wildman–Crippen LogP) is 4.43. The SMILES string of the molecule is ClC(Cl)(Cl)c1cc(Br)nc(Br)c1. The Labute approximate surface area is 102 Å². The van der Waals surface area contributed by atoms with Crippen molar-refractivity contribution in [3.8, 4) is 0 Å². The highest BCUT2D eigenvalue weighted by atomic mass is 79.9. The van der Waals surface area contributed by atoms with Crippen LogP contribution in [-0.4, -0.2) is 4.98 Å². The molecule has 0 saturated heterocycles. The van der Waals surface area contributed by atoms with Crippen LogP contribution in [0.4, 0.5) is 0 Å². The zero-order valence-corrected chi connectivity index (χ0v) is 10.9. The van der Waals surface area contributed by atoms with Gasteiger partial charge in [0.1, 0.15) is 9.21 Å². The molecule has 0 bridgehead atoms. The third-order valence-corrected chi connectivity index (χ3v) is 2.56. The van der Waals surface area contributed by atoms with Crippen LogP contribution in [0.3, 0.4) is 0 Å². The number of halogens is 5. The molecule has 0 atom stereocenters. The van der Waals surface area contributed by atoms with E-state index < -0.39 is 3.79 Å². The molecule has 0 aliphatic carbocycles. The van der Waals surface area contributed by atoms with Gasteiger partial charge in [0.2, 0.25) is 3.79 Å². The minimum Gasteiger partial charge on any atom is -0.234 e. The standard InChI is InChI=1S/C6H2Br2Cl3N/c7-4-1-3(6(9,10)11)2-5(8)12-4/h1-2H. The second-order valence-corrected chi connectivity index (χ2v) is 5.91. The maximum atomic E-state index is 5.66. The number of alkyl halides is 3. The monoisotopic (exact) mass is 351 g/mol. The maximum Gasteiger partial charge on any atom is 0.216 e. The van der Waals surface area contributed by atoms with Crippen LogP contribution in [0.1, 0.15) is 5.56 Å². The van der Waals surface area contributed by atoms with Gasteiger partial charge in [0.25, 0.3) is 0 Å². The molecule has 1 aromatic heterocycles. The Balaban J connectivity index is 3.18. The summed E-state index contributed by atoms with van der Waals surface area (Å²) in [5, 5.41) is 0. The molecule has 0 aromatic carbocycles. The van der Waals surface area contributed by atoms with Gasteiger partial charge in [-0.15, -0.1) is 0 Å². The van der Waals surface area contributed by atoms with E-state index in [9.17, 15) is 0 Å². The van der Waals surface area contributed by atoms with E-state index in [4.69, 9.17) is 34.8 Å². The predicted molar refractivity (Wildman–Crippen MR) is 58.9 cm³/mol. The second-order valence-electron chi connectivity index (χ2n) is 2.00. The average Bonchev–Trinajstić information content (AvgIpc) is 1.82. The van der Waals surface area contributed by atoms with Crippen LogP contribution in [0.25, 0.3) is 0 Å². The normalized spacial score (nSPS) is 11.8. The van der Waals surface area contributed by atoms with E-state index in [2.05, 4.69) is 36.8 Å². The summed E-state index contributed by atoms with van der Waals surface area (Å²) in [6.45, 7) is 0. The Bertz CT molecular complexity index is 277. The third kappa shape index (κ3) is 3.04. The number of pyridine rings is 1. The van der Waals surface area contributed by atoms with Gasteiger partial charge in [-0.25, -0.2) is 4.98 Å². The van der Waals surface area contributed by atoms with Crippen LogP contribution in [-0.2, 0) is 3.79 Å². The van der Waals surface area contributed by atoms with E-state index in [0.717, 1.165) is 0 Å². The highest BCUT2D eigenvalue weighted by Crippen LogP contribution is 2.39. The van der Waals surface area contributed by atoms with Gasteiger partial charge in [0.15, 0.2) is 0 Å². The second kappa shape index (κ2) is 4.01. The molecular formula is C6H2Br2Cl3N. The molecule has 1 heterocycles. The number of nitrogens with zero attached hydrogens (tertiary/aromatic N) is 1. The molecule has 0 unspecified atom stereocenters. The van der Waals surface area contributed by atoms with E-state index >= 15 is 0 Å². The highest BCUT2D eigenvalue weighted by Gasteiger charge is 2.23. The summed E-state index contributed by atoms with van der Waals surface area (Å²) in [7, 11) is 0. The first kappa shape index (κ1) is 11.1. The Morgan fingerprint density at radius 1 is 1.08 bits per heavy atom. The van der Waals surface area contributed by atoms with Crippen molar-refractivity contribution in [3.05, 3.63) is 26.9 Å². The largest absolute Gasteiger partial charge is 0.234 e. The molecule has 1 nitrogen and oxygen atoms in total. The van der Waals surface area contributed by atoms with Gasteiger partial charge >= 0.3 is 0 Å². The first-order valence-electron chi connectivity index (χ1n) is 2.80. The van der Waals surface area contributed by atoms with Crippen LogP contribution in [0, 0.1) is 0 Å². The van der Waals surface area contributed by atoms with Crippen molar-refractivity contribution in [1.29, 1.82) is 0 Å². The lowest BCUT2D eigenvalue weighted by atomic mass is 10.3. The molecule has 6 heteroatoms. The van der Waals surface area contributed by atoms with E-state index in [0.29, 0.717) is 14.8 Å². The van der Waals surface area contributed by atoms with E-state index in [1.165, 1.54) is 0 Å². The van der Waals surface area contributed by atoms with Crippen molar-refractivity contribution in [2.45, 2.75) is 3.79 Å². The number of aromatic nitrogens is 1. The molecule has 12 heavy (non-hydrogen) atoms. The van der Waals surface area contributed by atoms with Crippen molar-refractivity contribution >= 4 is 66.7 Å². The fraction of sp³-hybridized carbons (Fsp3) is 0.167. The lowest BCUT2D eigenvalue weighted by molar-refractivity contribution is 1.14. The molecule has 0 fully saturated rings. The first-order chi connectivity index (χ1) is 5.39. The fourth-order valence-electron chi connectivity index (χ4n) is 0.629. The average molecular weight is 354 g/mol. The van der Waals surface area contributed by atoms with Crippen molar-refractivity contribution in [1.82, 2.24) is 4.98 Å². The van der Waals surface area contributed by atoms with Crippen molar-refractivity contribution < 1.29 is 0 Å². The van der Waals surface area contributed by atoms with Gasteiger partial charge in [-0.3, -0.25) is 0 Å². The summed E-state index contributed by atoms with van der Waals surface area (Å²) in [5.41, 5.74) is 0.571. The molecular weight excluding hydrogens is 352 g/mol. The summed E-state index contributed by atoms with van der Waals surface area (Å²) in [6.07, 6.45) is 0. The highest BCUT2D eigenvalue weighted by molar-refractivity contribution is 9.11. The van der Waals surface area contributed by atoms with E-state index in [1.54, 1.807) is 12.1 Å². The molecule has 0 spiro atoms. The van der Waals surface area contributed by atoms with Crippen molar-refractivity contribution in [2.75, 3.05) is 0 Å². The summed E-state index contributed by atoms with van der Waals surface area (Å²) in [6, 6.07) is 3.30. The van der Waals surface area contributed by atoms with Gasteiger partial charge < -0.3 is 0 Å². The maximum absolute atomic E-state index is 5.66.